The monoisotopic (exact) mass is 204 g/mol. The van der Waals surface area contributed by atoms with Gasteiger partial charge in [-0.25, -0.2) is 14.6 Å². The van der Waals surface area contributed by atoms with Crippen LogP contribution in [0.4, 0.5) is 5.95 Å². The lowest BCUT2D eigenvalue weighted by molar-refractivity contribution is 0.756. The molecule has 0 unspecified atom stereocenters. The molecule has 2 aliphatic heterocycles. The van der Waals surface area contributed by atoms with Crippen molar-refractivity contribution in [3.8, 4) is 11.5 Å². The number of rotatable bonds is 3. The third kappa shape index (κ3) is 1.58. The first-order valence-corrected chi connectivity index (χ1v) is 5.02. The fourth-order valence-electron chi connectivity index (χ4n) is 1.47. The van der Waals surface area contributed by atoms with Gasteiger partial charge in [-0.3, -0.25) is 0 Å². The van der Waals surface area contributed by atoms with Crippen LogP contribution in [-0.2, 0) is 0 Å². The topological polar surface area (TPSA) is 81.7 Å². The Morgan fingerprint density at radius 1 is 1.47 bits per heavy atom. The average Bonchev–Trinajstić information content (AvgIpc) is 2.94. The van der Waals surface area contributed by atoms with E-state index in [-0.39, 0.29) is 0 Å². The smallest absolute Gasteiger partial charge is 0.221 e. The lowest BCUT2D eigenvalue weighted by Gasteiger charge is -2.12. The molecule has 0 aromatic carbocycles. The summed E-state index contributed by atoms with van der Waals surface area (Å²) < 4.78 is 1.72. The highest BCUT2D eigenvalue weighted by molar-refractivity contribution is 5.51. The molecule has 15 heavy (non-hydrogen) atoms. The fraction of sp³-hybridized carbons (Fsp3) is 0.444. The summed E-state index contributed by atoms with van der Waals surface area (Å²) in [4.78, 5) is 12.2. The van der Waals surface area contributed by atoms with Crippen LogP contribution in [0.3, 0.4) is 0 Å². The predicted octanol–water partition coefficient (Wildman–Crippen LogP) is 0.314. The van der Waals surface area contributed by atoms with Gasteiger partial charge in [0.05, 0.1) is 6.20 Å². The van der Waals surface area contributed by atoms with Crippen LogP contribution in [0.5, 0.6) is 0 Å². The van der Waals surface area contributed by atoms with Gasteiger partial charge in [0, 0.05) is 6.54 Å². The van der Waals surface area contributed by atoms with E-state index in [4.69, 9.17) is 5.73 Å². The highest BCUT2D eigenvalue weighted by atomic mass is 15.4. The number of imidazole rings is 1. The van der Waals surface area contributed by atoms with Gasteiger partial charge in [-0.1, -0.05) is 0 Å². The highest BCUT2D eigenvalue weighted by Gasteiger charge is 2.21. The van der Waals surface area contributed by atoms with Gasteiger partial charge >= 0.3 is 0 Å². The standard InChI is InChI=1S/C9H12N6/c10-9-14-8-7(11-5-12-8)4-15(9)13-3-6-1-2-6/h4-6,13H,1-3H2,(H2,10,11,12,14). The van der Waals surface area contributed by atoms with Gasteiger partial charge in [0.25, 0.3) is 0 Å². The van der Waals surface area contributed by atoms with Crippen LogP contribution in [0, 0.1) is 5.92 Å². The molecule has 0 spiro atoms. The summed E-state index contributed by atoms with van der Waals surface area (Å²) in [6.45, 7) is 0.941. The minimum Gasteiger partial charge on any atom is -0.368 e. The van der Waals surface area contributed by atoms with Crippen LogP contribution in [0.1, 0.15) is 12.8 Å². The number of nitrogens with two attached hydrogens (primary N) is 1. The molecule has 2 heterocycles. The van der Waals surface area contributed by atoms with Crippen LogP contribution in [0.25, 0.3) is 11.5 Å². The highest BCUT2D eigenvalue weighted by Crippen LogP contribution is 2.28. The summed E-state index contributed by atoms with van der Waals surface area (Å²) in [6.07, 6.45) is 5.92. The molecule has 0 atom stereocenters. The quantitative estimate of drug-likeness (QED) is 0.752. The molecule has 0 aromatic heterocycles. The number of nitrogen functional groups attached to an aromatic ring is 1. The lowest BCUT2D eigenvalue weighted by Crippen LogP contribution is -2.22. The number of nitrogens with one attached hydrogen (secondary N) is 1. The molecule has 0 saturated heterocycles. The Morgan fingerprint density at radius 2 is 2.33 bits per heavy atom. The number of anilines is 1. The Balaban J connectivity index is 1.88. The zero-order valence-electron chi connectivity index (χ0n) is 8.22. The summed E-state index contributed by atoms with van der Waals surface area (Å²) in [5.41, 5.74) is 9.75. The second kappa shape index (κ2) is 3.08. The summed E-state index contributed by atoms with van der Waals surface area (Å²) in [7, 11) is 0. The summed E-state index contributed by atoms with van der Waals surface area (Å²) in [6, 6.07) is 0. The molecule has 3 N–H and O–H groups in total. The zero-order chi connectivity index (χ0) is 10.3. The van der Waals surface area contributed by atoms with Crippen LogP contribution in [-0.4, -0.2) is 26.2 Å². The molecule has 6 nitrogen and oxygen atoms in total. The molecule has 1 aliphatic carbocycles. The average molecular weight is 204 g/mol. The second-order valence-electron chi connectivity index (χ2n) is 3.86. The molecule has 0 radical (unpaired) electrons. The third-order valence-electron chi connectivity index (χ3n) is 2.57. The van der Waals surface area contributed by atoms with E-state index in [0.29, 0.717) is 11.8 Å². The molecular formula is C9H12N6. The van der Waals surface area contributed by atoms with Gasteiger partial charge < -0.3 is 11.2 Å². The first kappa shape index (κ1) is 8.46. The molecule has 1 fully saturated rings. The van der Waals surface area contributed by atoms with Crippen molar-refractivity contribution in [1.29, 1.82) is 0 Å². The molecule has 0 bridgehead atoms. The summed E-state index contributed by atoms with van der Waals surface area (Å²) >= 11 is 0. The number of nitrogens with zero attached hydrogens (tertiary/aromatic N) is 4. The molecular weight excluding hydrogens is 192 g/mol. The van der Waals surface area contributed by atoms with E-state index in [2.05, 4.69) is 20.4 Å². The van der Waals surface area contributed by atoms with Gasteiger partial charge in [-0.2, -0.15) is 4.98 Å². The van der Waals surface area contributed by atoms with Crippen LogP contribution in [0.15, 0.2) is 12.5 Å². The van der Waals surface area contributed by atoms with E-state index in [1.165, 1.54) is 19.2 Å². The summed E-state index contributed by atoms with van der Waals surface area (Å²) in [5, 5.41) is 0. The van der Waals surface area contributed by atoms with Crippen molar-refractivity contribution >= 4 is 5.95 Å². The number of aromatic nitrogens is 4. The van der Waals surface area contributed by atoms with Crippen molar-refractivity contribution in [2.45, 2.75) is 12.8 Å². The molecule has 78 valence electrons. The Labute approximate surface area is 86.9 Å². The van der Waals surface area contributed by atoms with Crippen molar-refractivity contribution in [3.63, 3.8) is 0 Å². The van der Waals surface area contributed by atoms with Crippen molar-refractivity contribution in [1.82, 2.24) is 19.6 Å². The maximum absolute atomic E-state index is 5.77. The van der Waals surface area contributed by atoms with Gasteiger partial charge in [0.15, 0.2) is 5.82 Å². The third-order valence-corrected chi connectivity index (χ3v) is 2.57. The van der Waals surface area contributed by atoms with E-state index in [9.17, 15) is 0 Å². The Bertz CT molecular complexity index is 446. The number of hydrogen-bond donors (Lipinski definition) is 2. The first-order valence-electron chi connectivity index (χ1n) is 5.02. The van der Waals surface area contributed by atoms with E-state index in [1.54, 1.807) is 4.68 Å². The van der Waals surface area contributed by atoms with Crippen molar-refractivity contribution in [2.75, 3.05) is 17.7 Å². The van der Waals surface area contributed by atoms with Gasteiger partial charge in [-0.15, -0.1) is 0 Å². The van der Waals surface area contributed by atoms with Gasteiger partial charge in [0.2, 0.25) is 5.95 Å². The van der Waals surface area contributed by atoms with Crippen LogP contribution in [0.2, 0.25) is 0 Å². The van der Waals surface area contributed by atoms with Crippen LogP contribution < -0.4 is 11.2 Å². The molecule has 6 heteroatoms. The van der Waals surface area contributed by atoms with Crippen LogP contribution >= 0.6 is 0 Å². The van der Waals surface area contributed by atoms with E-state index in [1.807, 2.05) is 6.20 Å². The normalized spacial score (nSPS) is 15.7. The Kier molecular flexibility index (Phi) is 1.74. The Morgan fingerprint density at radius 3 is 3.13 bits per heavy atom. The SMILES string of the molecule is Nc1nc2ncnc-2cn1NCC1CC1. The lowest BCUT2D eigenvalue weighted by atomic mass is 10.4. The predicted molar refractivity (Wildman–Crippen MR) is 55.8 cm³/mol. The molecule has 1 saturated carbocycles. The van der Waals surface area contributed by atoms with Gasteiger partial charge in [0.1, 0.15) is 12.0 Å². The molecule has 0 amide bonds. The van der Waals surface area contributed by atoms with Crippen molar-refractivity contribution in [3.05, 3.63) is 12.5 Å². The zero-order valence-corrected chi connectivity index (χ0v) is 8.22. The summed E-state index contributed by atoms with van der Waals surface area (Å²) in [5.74, 6) is 1.80. The fourth-order valence-corrected chi connectivity index (χ4v) is 1.47. The maximum atomic E-state index is 5.77. The van der Waals surface area contributed by atoms with Crippen molar-refractivity contribution < 1.29 is 0 Å². The van der Waals surface area contributed by atoms with E-state index < -0.39 is 0 Å². The molecule has 3 aliphatic rings. The number of fused-ring (bicyclic) bond motifs is 1. The minimum atomic E-state index is 0.420. The largest absolute Gasteiger partial charge is 0.368 e. The van der Waals surface area contributed by atoms with Crippen molar-refractivity contribution in [2.24, 2.45) is 5.92 Å². The minimum absolute atomic E-state index is 0.420. The first-order chi connectivity index (χ1) is 7.33. The Hall–Kier alpha value is -1.85. The van der Waals surface area contributed by atoms with E-state index in [0.717, 1.165) is 18.2 Å². The number of hydrogen-bond acceptors (Lipinski definition) is 5. The maximum Gasteiger partial charge on any atom is 0.221 e. The molecule has 0 aromatic rings. The van der Waals surface area contributed by atoms with E-state index >= 15 is 0 Å². The second-order valence-corrected chi connectivity index (χ2v) is 3.86. The molecule has 3 rings (SSSR count). The van der Waals surface area contributed by atoms with Gasteiger partial charge in [-0.05, 0) is 18.8 Å².